The van der Waals surface area contributed by atoms with Gasteiger partial charge in [-0.2, -0.15) is 0 Å². The van der Waals surface area contributed by atoms with E-state index in [4.69, 9.17) is 5.73 Å². The Kier molecular flexibility index (Phi) is 4.17. The van der Waals surface area contributed by atoms with Crippen molar-refractivity contribution in [1.82, 2.24) is 0 Å². The SMILES string of the molecule is CCC(N)=NCC(C)c1ccccc1. The van der Waals surface area contributed by atoms with Crippen molar-refractivity contribution in [1.29, 1.82) is 0 Å². The second-order valence-corrected chi connectivity index (χ2v) is 3.50. The molecule has 0 amide bonds. The second kappa shape index (κ2) is 5.43. The van der Waals surface area contributed by atoms with E-state index in [0.717, 1.165) is 18.8 Å². The molecule has 0 radical (unpaired) electrons. The average molecular weight is 190 g/mol. The van der Waals surface area contributed by atoms with E-state index in [1.165, 1.54) is 5.56 Å². The Morgan fingerprint density at radius 2 is 2.00 bits per heavy atom. The van der Waals surface area contributed by atoms with E-state index in [0.29, 0.717) is 5.92 Å². The van der Waals surface area contributed by atoms with Gasteiger partial charge in [-0.15, -0.1) is 0 Å². The lowest BCUT2D eigenvalue weighted by Crippen LogP contribution is -2.11. The number of hydrogen-bond acceptors (Lipinski definition) is 1. The molecule has 2 N–H and O–H groups in total. The predicted octanol–water partition coefficient (Wildman–Crippen LogP) is 2.56. The van der Waals surface area contributed by atoms with Gasteiger partial charge in [0.15, 0.2) is 0 Å². The Morgan fingerprint density at radius 1 is 1.36 bits per heavy atom. The lowest BCUT2D eigenvalue weighted by atomic mass is 10.0. The summed E-state index contributed by atoms with van der Waals surface area (Å²) in [6, 6.07) is 10.4. The highest BCUT2D eigenvalue weighted by atomic mass is 14.8. The topological polar surface area (TPSA) is 38.4 Å². The predicted molar refractivity (Wildman–Crippen MR) is 61.6 cm³/mol. The van der Waals surface area contributed by atoms with E-state index >= 15 is 0 Å². The highest BCUT2D eigenvalue weighted by Gasteiger charge is 2.02. The quantitative estimate of drug-likeness (QED) is 0.575. The minimum atomic E-state index is 0.446. The van der Waals surface area contributed by atoms with Crippen LogP contribution in [0.1, 0.15) is 31.7 Å². The Labute approximate surface area is 85.9 Å². The van der Waals surface area contributed by atoms with Gasteiger partial charge < -0.3 is 5.73 Å². The van der Waals surface area contributed by atoms with Gasteiger partial charge >= 0.3 is 0 Å². The van der Waals surface area contributed by atoms with E-state index in [-0.39, 0.29) is 0 Å². The molecule has 0 aromatic heterocycles. The van der Waals surface area contributed by atoms with Crippen molar-refractivity contribution < 1.29 is 0 Å². The molecule has 1 aromatic rings. The van der Waals surface area contributed by atoms with Crippen molar-refractivity contribution in [3.8, 4) is 0 Å². The lowest BCUT2D eigenvalue weighted by Gasteiger charge is -2.08. The van der Waals surface area contributed by atoms with Crippen LogP contribution in [-0.2, 0) is 0 Å². The van der Waals surface area contributed by atoms with Gasteiger partial charge in [-0.05, 0) is 5.56 Å². The zero-order valence-corrected chi connectivity index (χ0v) is 8.90. The van der Waals surface area contributed by atoms with Crippen LogP contribution in [0.3, 0.4) is 0 Å². The van der Waals surface area contributed by atoms with Crippen LogP contribution >= 0.6 is 0 Å². The normalized spacial score (nSPS) is 14.0. The summed E-state index contributed by atoms with van der Waals surface area (Å²) in [5, 5.41) is 0. The standard InChI is InChI=1S/C12H18N2/c1-3-12(13)14-9-10(2)11-7-5-4-6-8-11/h4-8,10H,3,9H2,1-2H3,(H2,13,14). The molecule has 1 aromatic carbocycles. The number of aliphatic imine (C=N–C) groups is 1. The van der Waals surface area contributed by atoms with E-state index in [1.54, 1.807) is 0 Å². The number of rotatable bonds is 4. The first kappa shape index (κ1) is 10.8. The minimum Gasteiger partial charge on any atom is -0.387 e. The second-order valence-electron chi connectivity index (χ2n) is 3.50. The average Bonchev–Trinajstić information content (AvgIpc) is 2.26. The van der Waals surface area contributed by atoms with Crippen LogP contribution < -0.4 is 5.73 Å². The Bertz CT molecular complexity index is 290. The lowest BCUT2D eigenvalue weighted by molar-refractivity contribution is 0.772. The number of nitrogens with two attached hydrogens (primary N) is 1. The Balaban J connectivity index is 2.55. The highest BCUT2D eigenvalue weighted by molar-refractivity contribution is 5.79. The summed E-state index contributed by atoms with van der Waals surface area (Å²) in [6.45, 7) is 4.97. The number of nitrogens with zero attached hydrogens (tertiary/aromatic N) is 1. The third kappa shape index (κ3) is 3.21. The van der Waals surface area contributed by atoms with E-state index < -0.39 is 0 Å². The molecular formula is C12H18N2. The van der Waals surface area contributed by atoms with Crippen molar-refractivity contribution in [2.45, 2.75) is 26.2 Å². The molecular weight excluding hydrogens is 172 g/mol. The zero-order valence-electron chi connectivity index (χ0n) is 8.90. The molecule has 1 rings (SSSR count). The van der Waals surface area contributed by atoms with Crippen LogP contribution in [0.5, 0.6) is 0 Å². The molecule has 2 heteroatoms. The number of hydrogen-bond donors (Lipinski definition) is 1. The molecule has 0 bridgehead atoms. The van der Waals surface area contributed by atoms with Crippen molar-refractivity contribution >= 4 is 5.84 Å². The van der Waals surface area contributed by atoms with Crippen molar-refractivity contribution in [3.05, 3.63) is 35.9 Å². The molecule has 2 nitrogen and oxygen atoms in total. The number of amidine groups is 1. The summed E-state index contributed by atoms with van der Waals surface area (Å²) < 4.78 is 0. The molecule has 1 unspecified atom stereocenters. The molecule has 76 valence electrons. The van der Waals surface area contributed by atoms with Gasteiger partial charge in [0.25, 0.3) is 0 Å². The molecule has 14 heavy (non-hydrogen) atoms. The summed E-state index contributed by atoms with van der Waals surface area (Å²) in [5.41, 5.74) is 6.97. The van der Waals surface area contributed by atoms with Gasteiger partial charge in [-0.25, -0.2) is 0 Å². The Hall–Kier alpha value is -1.31. The monoisotopic (exact) mass is 190 g/mol. The third-order valence-electron chi connectivity index (χ3n) is 2.30. The largest absolute Gasteiger partial charge is 0.387 e. The maximum absolute atomic E-state index is 5.65. The fourth-order valence-corrected chi connectivity index (χ4v) is 1.25. The summed E-state index contributed by atoms with van der Waals surface area (Å²) in [4.78, 5) is 4.31. The molecule has 0 spiro atoms. The first-order valence-electron chi connectivity index (χ1n) is 5.07. The van der Waals surface area contributed by atoms with Crippen LogP contribution in [0.2, 0.25) is 0 Å². The van der Waals surface area contributed by atoms with Crippen LogP contribution in [0, 0.1) is 0 Å². The maximum Gasteiger partial charge on any atom is 0.0934 e. The summed E-state index contributed by atoms with van der Waals surface area (Å²) in [6.07, 6.45) is 0.835. The molecule has 0 aliphatic rings. The zero-order chi connectivity index (χ0) is 10.4. The van der Waals surface area contributed by atoms with Crippen LogP contribution in [0.4, 0.5) is 0 Å². The van der Waals surface area contributed by atoms with Gasteiger partial charge in [-0.1, -0.05) is 44.2 Å². The van der Waals surface area contributed by atoms with Gasteiger partial charge in [-0.3, -0.25) is 4.99 Å². The smallest absolute Gasteiger partial charge is 0.0934 e. The van der Waals surface area contributed by atoms with Gasteiger partial charge in [0.2, 0.25) is 0 Å². The van der Waals surface area contributed by atoms with Crippen molar-refractivity contribution in [2.75, 3.05) is 6.54 Å². The Morgan fingerprint density at radius 3 is 2.57 bits per heavy atom. The summed E-state index contributed by atoms with van der Waals surface area (Å²) >= 11 is 0. The fraction of sp³-hybridized carbons (Fsp3) is 0.417. The molecule has 0 heterocycles. The molecule has 1 atom stereocenters. The molecule has 0 fully saturated rings. The van der Waals surface area contributed by atoms with Crippen LogP contribution in [-0.4, -0.2) is 12.4 Å². The minimum absolute atomic E-state index is 0.446. The van der Waals surface area contributed by atoms with Crippen LogP contribution in [0.25, 0.3) is 0 Å². The van der Waals surface area contributed by atoms with Crippen molar-refractivity contribution in [3.63, 3.8) is 0 Å². The summed E-state index contributed by atoms with van der Waals surface area (Å²) in [7, 11) is 0. The van der Waals surface area contributed by atoms with Crippen LogP contribution in [0.15, 0.2) is 35.3 Å². The molecule has 0 saturated carbocycles. The van der Waals surface area contributed by atoms with E-state index in [2.05, 4.69) is 36.2 Å². The first-order valence-corrected chi connectivity index (χ1v) is 5.07. The highest BCUT2D eigenvalue weighted by Crippen LogP contribution is 2.14. The first-order chi connectivity index (χ1) is 6.74. The van der Waals surface area contributed by atoms with E-state index in [1.807, 2.05) is 13.0 Å². The van der Waals surface area contributed by atoms with Gasteiger partial charge in [0.1, 0.15) is 0 Å². The fourth-order valence-electron chi connectivity index (χ4n) is 1.25. The molecule has 0 aliphatic heterocycles. The van der Waals surface area contributed by atoms with Crippen molar-refractivity contribution in [2.24, 2.45) is 10.7 Å². The van der Waals surface area contributed by atoms with E-state index in [9.17, 15) is 0 Å². The maximum atomic E-state index is 5.65. The molecule has 0 aliphatic carbocycles. The van der Waals surface area contributed by atoms with Gasteiger partial charge in [0.05, 0.1) is 5.84 Å². The third-order valence-corrected chi connectivity index (χ3v) is 2.30. The molecule has 0 saturated heterocycles. The number of benzene rings is 1. The van der Waals surface area contributed by atoms with Gasteiger partial charge in [0, 0.05) is 18.9 Å². The summed E-state index contributed by atoms with van der Waals surface area (Å²) in [5.74, 6) is 1.19.